The van der Waals surface area contributed by atoms with Crippen LogP contribution in [0.4, 0.5) is 4.39 Å². The lowest BCUT2D eigenvalue weighted by molar-refractivity contribution is 0.628. The van der Waals surface area contributed by atoms with E-state index in [0.717, 1.165) is 40.7 Å². The second-order valence-electron chi connectivity index (χ2n) is 5.29. The van der Waals surface area contributed by atoms with E-state index in [1.807, 2.05) is 12.1 Å². The predicted octanol–water partition coefficient (Wildman–Crippen LogP) is 6.16. The molecular formula is C20H28FP. The molecule has 2 atom stereocenters. The van der Waals surface area contributed by atoms with E-state index < -0.39 is 0 Å². The molecule has 1 rings (SSSR count). The fourth-order valence-corrected chi connectivity index (χ4v) is 3.32. The van der Waals surface area contributed by atoms with Gasteiger partial charge in [0.1, 0.15) is 5.82 Å². The first-order valence-electron chi connectivity index (χ1n) is 8.21. The van der Waals surface area contributed by atoms with E-state index in [1.165, 1.54) is 5.30 Å². The van der Waals surface area contributed by atoms with Gasteiger partial charge in [0.15, 0.2) is 0 Å². The molecule has 0 amide bonds. The SMILES string of the molecule is C/C=C\CC/C=C\CC/C=C\C(CC)Pc1ccc([18F])cc1. The summed E-state index contributed by atoms with van der Waals surface area (Å²) >= 11 is 0. The van der Waals surface area contributed by atoms with Crippen molar-refractivity contribution in [2.24, 2.45) is 0 Å². The summed E-state index contributed by atoms with van der Waals surface area (Å²) in [6.07, 6.45) is 19.1. The van der Waals surface area contributed by atoms with Crippen molar-refractivity contribution in [1.82, 2.24) is 0 Å². The zero-order chi connectivity index (χ0) is 16.0. The van der Waals surface area contributed by atoms with Gasteiger partial charge in [-0.25, -0.2) is 4.39 Å². The highest BCUT2D eigenvalue weighted by Crippen LogP contribution is 2.23. The summed E-state index contributed by atoms with van der Waals surface area (Å²) in [5, 5.41) is 1.24. The molecule has 120 valence electrons. The van der Waals surface area contributed by atoms with Crippen LogP contribution < -0.4 is 5.30 Å². The van der Waals surface area contributed by atoms with Gasteiger partial charge in [-0.3, -0.25) is 0 Å². The van der Waals surface area contributed by atoms with Crippen LogP contribution in [0.5, 0.6) is 0 Å². The third kappa shape index (κ3) is 8.95. The number of hydrogen-bond acceptors (Lipinski definition) is 0. The topological polar surface area (TPSA) is 0 Å². The summed E-state index contributed by atoms with van der Waals surface area (Å²) in [7, 11) is 0.725. The molecule has 0 saturated carbocycles. The normalized spacial score (nSPS) is 14.1. The first kappa shape index (κ1) is 18.8. The van der Waals surface area contributed by atoms with E-state index in [4.69, 9.17) is 0 Å². The average Bonchev–Trinajstić information content (AvgIpc) is 2.54. The van der Waals surface area contributed by atoms with Crippen LogP contribution in [-0.2, 0) is 0 Å². The molecule has 0 nitrogen and oxygen atoms in total. The lowest BCUT2D eigenvalue weighted by atomic mass is 10.2. The zero-order valence-electron chi connectivity index (χ0n) is 13.8. The maximum absolute atomic E-state index is 12.9. The number of halogens is 1. The second kappa shape index (κ2) is 12.4. The Morgan fingerprint density at radius 2 is 1.55 bits per heavy atom. The first-order chi connectivity index (χ1) is 10.8. The maximum atomic E-state index is 12.9. The Labute approximate surface area is 137 Å². The lowest BCUT2D eigenvalue weighted by Gasteiger charge is -2.10. The molecule has 2 unspecified atom stereocenters. The molecule has 0 bridgehead atoms. The Kier molecular flexibility index (Phi) is 10.6. The molecule has 1 aromatic carbocycles. The van der Waals surface area contributed by atoms with E-state index in [9.17, 15) is 4.39 Å². The summed E-state index contributed by atoms with van der Waals surface area (Å²) < 4.78 is 12.9. The van der Waals surface area contributed by atoms with Crippen LogP contribution in [-0.4, -0.2) is 5.66 Å². The predicted molar refractivity (Wildman–Crippen MR) is 100.0 cm³/mol. The quantitative estimate of drug-likeness (QED) is 0.275. The van der Waals surface area contributed by atoms with Gasteiger partial charge >= 0.3 is 0 Å². The minimum absolute atomic E-state index is 0.154. The van der Waals surface area contributed by atoms with Crippen molar-refractivity contribution in [3.63, 3.8) is 0 Å². The zero-order valence-corrected chi connectivity index (χ0v) is 14.8. The van der Waals surface area contributed by atoms with E-state index in [2.05, 4.69) is 50.3 Å². The van der Waals surface area contributed by atoms with Gasteiger partial charge in [-0.15, -0.1) is 0 Å². The van der Waals surface area contributed by atoms with Gasteiger partial charge in [0.25, 0.3) is 0 Å². The van der Waals surface area contributed by atoms with Crippen LogP contribution in [0, 0.1) is 5.82 Å². The second-order valence-corrected chi connectivity index (χ2v) is 6.90. The number of unbranched alkanes of at least 4 members (excludes halogenated alkanes) is 2. The largest absolute Gasteiger partial charge is 0.207 e. The monoisotopic (exact) mass is 317 g/mol. The molecule has 2 heteroatoms. The van der Waals surface area contributed by atoms with Gasteiger partial charge in [0, 0.05) is 0 Å². The highest BCUT2D eigenvalue weighted by Gasteiger charge is 2.03. The van der Waals surface area contributed by atoms with Crippen molar-refractivity contribution in [3.8, 4) is 0 Å². The standard InChI is InChI=1S/C20H28FP/c1-3-5-6-7-8-9-10-11-12-13-19(4-2)22-20-16-14-18(21)15-17-20/h3,5,8-9,12-17,19,22H,4,6-7,10-11H2,1-2H3/b5-3-,9-8-,13-12-/i21-1. The highest BCUT2D eigenvalue weighted by molar-refractivity contribution is 7.48. The molecule has 0 radical (unpaired) electrons. The Morgan fingerprint density at radius 1 is 0.955 bits per heavy atom. The fraction of sp³-hybridized carbons (Fsp3) is 0.400. The van der Waals surface area contributed by atoms with Crippen molar-refractivity contribution in [3.05, 3.63) is 66.5 Å². The average molecular weight is 317 g/mol. The molecular weight excluding hydrogens is 289 g/mol. The molecule has 0 saturated heterocycles. The van der Waals surface area contributed by atoms with Crippen molar-refractivity contribution >= 4 is 13.9 Å². The molecule has 0 fully saturated rings. The van der Waals surface area contributed by atoms with Crippen LogP contribution >= 0.6 is 8.58 Å². The van der Waals surface area contributed by atoms with Crippen molar-refractivity contribution in [2.45, 2.75) is 51.6 Å². The third-order valence-electron chi connectivity index (χ3n) is 3.41. The minimum atomic E-state index is -0.154. The Balaban J connectivity index is 2.25. The third-order valence-corrected chi connectivity index (χ3v) is 5.05. The van der Waals surface area contributed by atoms with Crippen LogP contribution in [0.2, 0.25) is 0 Å². The van der Waals surface area contributed by atoms with E-state index in [0.29, 0.717) is 5.66 Å². The molecule has 0 aromatic heterocycles. The van der Waals surface area contributed by atoms with Gasteiger partial charge in [-0.2, -0.15) is 0 Å². The molecule has 0 aliphatic rings. The van der Waals surface area contributed by atoms with Gasteiger partial charge in [0.05, 0.1) is 0 Å². The molecule has 22 heavy (non-hydrogen) atoms. The summed E-state index contributed by atoms with van der Waals surface area (Å²) in [5.41, 5.74) is 0.573. The van der Waals surface area contributed by atoms with Gasteiger partial charge in [-0.1, -0.05) is 64.1 Å². The summed E-state index contributed by atoms with van der Waals surface area (Å²) in [4.78, 5) is 0. The Hall–Kier alpha value is -1.20. The number of rotatable bonds is 10. The van der Waals surface area contributed by atoms with Gasteiger partial charge < -0.3 is 0 Å². The number of hydrogen-bond donors (Lipinski definition) is 0. The highest BCUT2D eigenvalue weighted by atomic mass is 31.1. The molecule has 1 aromatic rings. The number of allylic oxidation sites excluding steroid dienone is 6. The molecule has 0 aliphatic carbocycles. The van der Waals surface area contributed by atoms with Crippen LogP contribution in [0.3, 0.4) is 0 Å². The molecule has 0 aliphatic heterocycles. The maximum Gasteiger partial charge on any atom is 0.123 e. The van der Waals surface area contributed by atoms with Crippen LogP contribution in [0.1, 0.15) is 46.0 Å². The van der Waals surface area contributed by atoms with Crippen molar-refractivity contribution < 1.29 is 4.39 Å². The number of benzene rings is 1. The molecule has 0 spiro atoms. The van der Waals surface area contributed by atoms with E-state index in [1.54, 1.807) is 12.1 Å². The molecule has 0 N–H and O–H groups in total. The summed E-state index contributed by atoms with van der Waals surface area (Å²) in [6.45, 7) is 4.28. The lowest BCUT2D eigenvalue weighted by Crippen LogP contribution is -2.02. The van der Waals surface area contributed by atoms with E-state index in [-0.39, 0.29) is 5.82 Å². The Bertz CT molecular complexity index is 471. The smallest absolute Gasteiger partial charge is 0.123 e. The van der Waals surface area contributed by atoms with Crippen LogP contribution in [0.15, 0.2) is 60.7 Å². The minimum Gasteiger partial charge on any atom is -0.207 e. The fourth-order valence-electron chi connectivity index (χ4n) is 2.09. The van der Waals surface area contributed by atoms with Crippen LogP contribution in [0.25, 0.3) is 0 Å². The summed E-state index contributed by atoms with van der Waals surface area (Å²) in [5.74, 6) is -0.154. The Morgan fingerprint density at radius 3 is 2.14 bits per heavy atom. The van der Waals surface area contributed by atoms with E-state index >= 15 is 0 Å². The van der Waals surface area contributed by atoms with Gasteiger partial charge in [0.2, 0.25) is 0 Å². The summed E-state index contributed by atoms with van der Waals surface area (Å²) in [6, 6.07) is 6.91. The van der Waals surface area contributed by atoms with Gasteiger partial charge in [-0.05, 0) is 62.1 Å². The first-order valence-corrected chi connectivity index (χ1v) is 9.29. The van der Waals surface area contributed by atoms with Crippen molar-refractivity contribution in [1.29, 1.82) is 0 Å². The van der Waals surface area contributed by atoms with Crippen molar-refractivity contribution in [2.75, 3.05) is 0 Å². The molecule has 0 heterocycles.